The Kier molecular flexibility index (Phi) is 4.56. The summed E-state index contributed by atoms with van der Waals surface area (Å²) in [6.07, 6.45) is 0.987. The van der Waals surface area contributed by atoms with Crippen molar-refractivity contribution in [3.05, 3.63) is 46.4 Å². The van der Waals surface area contributed by atoms with Crippen LogP contribution in [0.15, 0.2) is 35.2 Å². The van der Waals surface area contributed by atoms with E-state index in [0.717, 1.165) is 25.2 Å². The van der Waals surface area contributed by atoms with Crippen LogP contribution in [0.25, 0.3) is 0 Å². The van der Waals surface area contributed by atoms with Crippen molar-refractivity contribution < 1.29 is 0 Å². The summed E-state index contributed by atoms with van der Waals surface area (Å²) in [7, 11) is 0. The fourth-order valence-electron chi connectivity index (χ4n) is 2.01. The first-order chi connectivity index (χ1) is 9.08. The Balaban J connectivity index is 1.82. The van der Waals surface area contributed by atoms with Gasteiger partial charge < -0.3 is 11.1 Å². The van der Waals surface area contributed by atoms with E-state index in [-0.39, 0.29) is 5.41 Å². The van der Waals surface area contributed by atoms with E-state index < -0.39 is 0 Å². The highest BCUT2D eigenvalue weighted by molar-refractivity contribution is 7.07. The second kappa shape index (κ2) is 6.17. The summed E-state index contributed by atoms with van der Waals surface area (Å²) in [5.41, 5.74) is 11.0. The number of rotatable bonds is 6. The van der Waals surface area contributed by atoms with Gasteiger partial charge in [-0.1, -0.05) is 26.0 Å². The molecule has 0 aliphatic carbocycles. The van der Waals surface area contributed by atoms with E-state index in [4.69, 9.17) is 5.73 Å². The number of thiazole rings is 1. The standard InChI is InChI=1S/C15H21N3S/c1-15(2,12-3-5-13(16)6-4-12)10-17-8-7-14-9-19-11-18-14/h3-6,9,11,17H,7-8,10,16H2,1-2H3. The lowest BCUT2D eigenvalue weighted by Crippen LogP contribution is -2.34. The van der Waals surface area contributed by atoms with Gasteiger partial charge in [0, 0.05) is 36.0 Å². The van der Waals surface area contributed by atoms with Crippen LogP contribution < -0.4 is 11.1 Å². The Bertz CT molecular complexity index is 489. The fraction of sp³-hybridized carbons (Fsp3) is 0.400. The zero-order chi connectivity index (χ0) is 13.7. The molecule has 0 bridgehead atoms. The van der Waals surface area contributed by atoms with Crippen LogP contribution >= 0.6 is 11.3 Å². The Morgan fingerprint density at radius 3 is 2.63 bits per heavy atom. The highest BCUT2D eigenvalue weighted by Crippen LogP contribution is 2.23. The molecule has 0 atom stereocenters. The van der Waals surface area contributed by atoms with Gasteiger partial charge in [-0.2, -0.15) is 0 Å². The SMILES string of the molecule is CC(C)(CNCCc1cscn1)c1ccc(N)cc1. The highest BCUT2D eigenvalue weighted by atomic mass is 32.1. The summed E-state index contributed by atoms with van der Waals surface area (Å²) in [4.78, 5) is 4.28. The number of nitrogens with one attached hydrogen (secondary N) is 1. The third-order valence-corrected chi connectivity index (χ3v) is 3.94. The number of benzene rings is 1. The quantitative estimate of drug-likeness (QED) is 0.629. The minimum Gasteiger partial charge on any atom is -0.399 e. The zero-order valence-corrected chi connectivity index (χ0v) is 12.3. The van der Waals surface area contributed by atoms with Crippen LogP contribution in [0.3, 0.4) is 0 Å². The van der Waals surface area contributed by atoms with Gasteiger partial charge in [-0.3, -0.25) is 0 Å². The molecule has 1 aromatic heterocycles. The molecule has 0 saturated carbocycles. The molecule has 0 saturated heterocycles. The zero-order valence-electron chi connectivity index (χ0n) is 11.5. The summed E-state index contributed by atoms with van der Waals surface area (Å²) >= 11 is 1.65. The van der Waals surface area contributed by atoms with Crippen molar-refractivity contribution in [2.75, 3.05) is 18.8 Å². The van der Waals surface area contributed by atoms with Crippen LogP contribution in [-0.4, -0.2) is 18.1 Å². The molecular weight excluding hydrogens is 254 g/mol. The number of aromatic nitrogens is 1. The molecule has 3 N–H and O–H groups in total. The largest absolute Gasteiger partial charge is 0.399 e. The number of hydrogen-bond donors (Lipinski definition) is 2. The van der Waals surface area contributed by atoms with Crippen molar-refractivity contribution in [2.24, 2.45) is 0 Å². The van der Waals surface area contributed by atoms with Crippen LogP contribution in [0.5, 0.6) is 0 Å². The molecule has 19 heavy (non-hydrogen) atoms. The minimum atomic E-state index is 0.107. The van der Waals surface area contributed by atoms with E-state index in [2.05, 4.69) is 41.7 Å². The maximum Gasteiger partial charge on any atom is 0.0794 e. The number of anilines is 1. The molecule has 1 heterocycles. The topological polar surface area (TPSA) is 50.9 Å². The molecule has 0 spiro atoms. The van der Waals surface area contributed by atoms with Gasteiger partial charge in [0.25, 0.3) is 0 Å². The predicted octanol–water partition coefficient (Wildman–Crippen LogP) is 2.84. The van der Waals surface area contributed by atoms with Gasteiger partial charge >= 0.3 is 0 Å². The average molecular weight is 275 g/mol. The third-order valence-electron chi connectivity index (χ3n) is 3.30. The molecule has 1 aromatic carbocycles. The summed E-state index contributed by atoms with van der Waals surface area (Å²) in [6.45, 7) is 6.39. The van der Waals surface area contributed by atoms with Gasteiger partial charge in [-0.05, 0) is 17.7 Å². The summed E-state index contributed by atoms with van der Waals surface area (Å²) in [5, 5.41) is 5.61. The van der Waals surface area contributed by atoms with Crippen molar-refractivity contribution in [1.82, 2.24) is 10.3 Å². The molecule has 0 unspecified atom stereocenters. The Hall–Kier alpha value is -1.39. The third kappa shape index (κ3) is 4.04. The first kappa shape index (κ1) is 14.0. The predicted molar refractivity (Wildman–Crippen MR) is 82.6 cm³/mol. The highest BCUT2D eigenvalue weighted by Gasteiger charge is 2.19. The van der Waals surface area contributed by atoms with Crippen LogP contribution in [0.1, 0.15) is 25.1 Å². The van der Waals surface area contributed by atoms with Gasteiger partial charge in [0.05, 0.1) is 11.2 Å². The van der Waals surface area contributed by atoms with Crippen LogP contribution in [0, 0.1) is 0 Å². The van der Waals surface area contributed by atoms with Crippen LogP contribution in [0.2, 0.25) is 0 Å². The number of nitrogens with two attached hydrogens (primary N) is 1. The smallest absolute Gasteiger partial charge is 0.0794 e. The van der Waals surface area contributed by atoms with E-state index in [1.807, 2.05) is 17.6 Å². The summed E-state index contributed by atoms with van der Waals surface area (Å²) < 4.78 is 0. The minimum absolute atomic E-state index is 0.107. The molecule has 2 rings (SSSR count). The van der Waals surface area contributed by atoms with Gasteiger partial charge in [0.1, 0.15) is 0 Å². The van der Waals surface area contributed by atoms with Crippen molar-refractivity contribution in [1.29, 1.82) is 0 Å². The second-order valence-corrected chi connectivity index (χ2v) is 6.13. The molecule has 0 amide bonds. The lowest BCUT2D eigenvalue weighted by molar-refractivity contribution is 0.471. The van der Waals surface area contributed by atoms with Crippen molar-refractivity contribution in [3.63, 3.8) is 0 Å². The molecule has 0 fully saturated rings. The number of hydrogen-bond acceptors (Lipinski definition) is 4. The van der Waals surface area contributed by atoms with Gasteiger partial charge in [0.15, 0.2) is 0 Å². The van der Waals surface area contributed by atoms with Crippen LogP contribution in [0.4, 0.5) is 5.69 Å². The van der Waals surface area contributed by atoms with E-state index in [1.54, 1.807) is 11.3 Å². The maximum absolute atomic E-state index is 5.72. The van der Waals surface area contributed by atoms with Crippen molar-refractivity contribution in [2.45, 2.75) is 25.7 Å². The first-order valence-corrected chi connectivity index (χ1v) is 7.46. The monoisotopic (exact) mass is 275 g/mol. The molecule has 4 heteroatoms. The molecule has 0 radical (unpaired) electrons. The van der Waals surface area contributed by atoms with Gasteiger partial charge in [0.2, 0.25) is 0 Å². The summed E-state index contributed by atoms with van der Waals surface area (Å²) in [6, 6.07) is 8.15. The van der Waals surface area contributed by atoms with E-state index >= 15 is 0 Å². The van der Waals surface area contributed by atoms with E-state index in [9.17, 15) is 0 Å². The first-order valence-electron chi connectivity index (χ1n) is 6.52. The number of nitrogens with zero attached hydrogens (tertiary/aromatic N) is 1. The normalized spacial score (nSPS) is 11.7. The lowest BCUT2D eigenvalue weighted by Gasteiger charge is -2.26. The molecule has 2 aromatic rings. The Morgan fingerprint density at radius 2 is 2.00 bits per heavy atom. The van der Waals surface area contributed by atoms with Gasteiger partial charge in [-0.15, -0.1) is 11.3 Å². The number of nitrogen functional groups attached to an aromatic ring is 1. The Morgan fingerprint density at radius 1 is 1.26 bits per heavy atom. The molecule has 0 aliphatic heterocycles. The maximum atomic E-state index is 5.72. The molecule has 3 nitrogen and oxygen atoms in total. The van der Waals surface area contributed by atoms with Crippen molar-refractivity contribution in [3.8, 4) is 0 Å². The van der Waals surface area contributed by atoms with Crippen molar-refractivity contribution >= 4 is 17.0 Å². The van der Waals surface area contributed by atoms with Gasteiger partial charge in [-0.25, -0.2) is 4.98 Å². The molecule has 102 valence electrons. The van der Waals surface area contributed by atoms with E-state index in [1.165, 1.54) is 11.3 Å². The lowest BCUT2D eigenvalue weighted by atomic mass is 9.84. The second-order valence-electron chi connectivity index (χ2n) is 5.41. The van der Waals surface area contributed by atoms with Crippen LogP contribution in [-0.2, 0) is 11.8 Å². The fourth-order valence-corrected chi connectivity index (χ4v) is 2.61. The summed E-state index contributed by atoms with van der Waals surface area (Å²) in [5.74, 6) is 0. The van der Waals surface area contributed by atoms with E-state index in [0.29, 0.717) is 0 Å². The average Bonchev–Trinajstić information content (AvgIpc) is 2.88. The molecular formula is C15H21N3S. The molecule has 0 aliphatic rings. The Labute approximate surface area is 118 Å².